The third-order valence-electron chi connectivity index (χ3n) is 5.50. The highest BCUT2D eigenvalue weighted by Gasteiger charge is 2.25. The molecule has 0 unspecified atom stereocenters. The van der Waals surface area contributed by atoms with Gasteiger partial charge in [-0.1, -0.05) is 19.6 Å². The number of carbonyl (C=O) groups is 1. The van der Waals surface area contributed by atoms with Crippen molar-refractivity contribution in [3.05, 3.63) is 84.3 Å². The van der Waals surface area contributed by atoms with Crippen LogP contribution in [0.5, 0.6) is 11.5 Å². The molecule has 3 aromatic carbocycles. The molecule has 0 saturated carbocycles. The minimum absolute atomic E-state index is 0. The molecule has 0 fully saturated rings. The number of nitrogens with one attached hydrogen (secondary N) is 1. The van der Waals surface area contributed by atoms with E-state index in [-0.39, 0.29) is 13.2 Å². The maximum Gasteiger partial charge on any atom is 0.248 e. The zero-order valence-corrected chi connectivity index (χ0v) is 19.1. The number of hydrogen-bond donors (Lipinski definition) is 2. The van der Waals surface area contributed by atoms with Gasteiger partial charge >= 0.3 is 0 Å². The van der Waals surface area contributed by atoms with E-state index in [1.165, 1.54) is 19.1 Å². The Morgan fingerprint density at radius 3 is 2.49 bits per heavy atom. The third kappa shape index (κ3) is 5.78. The predicted octanol–water partition coefficient (Wildman–Crippen LogP) is 4.81. The van der Waals surface area contributed by atoms with Crippen molar-refractivity contribution in [2.45, 2.75) is 39.5 Å². The molecule has 3 atom stereocenters. The minimum Gasteiger partial charge on any atom is -0.497 e. The molecule has 0 saturated heterocycles. The molecule has 4 rings (SSSR count). The highest BCUT2D eigenvalue weighted by molar-refractivity contribution is 5.82. The molecule has 0 radical (unpaired) electrons. The fraction of sp³-hybridized carbons (Fsp3) is 0.259. The number of carbonyl (C=O) groups excluding carboxylic acids is 1. The van der Waals surface area contributed by atoms with Crippen LogP contribution in [0.15, 0.2) is 72.9 Å². The summed E-state index contributed by atoms with van der Waals surface area (Å²) >= 11 is 0. The summed E-state index contributed by atoms with van der Waals surface area (Å²) in [6.07, 6.45) is 0.0227. The molecule has 184 valence electrons. The lowest BCUT2D eigenvalue weighted by Crippen LogP contribution is -2.43. The molecule has 4 aromatic rings. The summed E-state index contributed by atoms with van der Waals surface area (Å²) in [5, 5.41) is 17.7. The number of aromatic nitrogens is 2. The van der Waals surface area contributed by atoms with E-state index in [4.69, 9.17) is 9.47 Å². The van der Waals surface area contributed by atoms with Crippen molar-refractivity contribution in [1.82, 2.24) is 15.1 Å². The van der Waals surface area contributed by atoms with Gasteiger partial charge in [-0.25, -0.2) is 9.07 Å². The number of rotatable bonds is 8. The summed E-state index contributed by atoms with van der Waals surface area (Å²) in [4.78, 5) is 12.1. The Kier molecular flexibility index (Phi) is 8.09. The fourth-order valence-corrected chi connectivity index (χ4v) is 3.72. The van der Waals surface area contributed by atoms with Gasteiger partial charge in [0.2, 0.25) is 5.91 Å². The Morgan fingerprint density at radius 2 is 1.80 bits per heavy atom. The van der Waals surface area contributed by atoms with Crippen LogP contribution in [-0.2, 0) is 4.79 Å². The number of methoxy groups -OCH3 is 1. The summed E-state index contributed by atoms with van der Waals surface area (Å²) < 4.78 is 26.7. The number of amides is 1. The van der Waals surface area contributed by atoms with Crippen LogP contribution in [0.3, 0.4) is 0 Å². The highest BCUT2D eigenvalue weighted by Crippen LogP contribution is 2.30. The van der Waals surface area contributed by atoms with Gasteiger partial charge in [0.25, 0.3) is 0 Å². The second-order valence-corrected chi connectivity index (χ2v) is 8.04. The Bertz CT molecular complexity index is 1290. The van der Waals surface area contributed by atoms with Crippen LogP contribution in [0, 0.1) is 5.82 Å². The molecular formula is C27H30FN3O4. The van der Waals surface area contributed by atoms with E-state index in [2.05, 4.69) is 10.4 Å². The maximum absolute atomic E-state index is 13.3. The Hall–Kier alpha value is -3.91. The Labute approximate surface area is 204 Å². The van der Waals surface area contributed by atoms with Crippen LogP contribution >= 0.6 is 0 Å². The number of aliphatic hydroxyl groups excluding tert-OH is 1. The van der Waals surface area contributed by atoms with E-state index in [0.717, 1.165) is 22.2 Å². The molecule has 1 heterocycles. The zero-order valence-electron chi connectivity index (χ0n) is 19.1. The average molecular weight is 480 g/mol. The van der Waals surface area contributed by atoms with Gasteiger partial charge in [-0.05, 0) is 74.0 Å². The second kappa shape index (κ2) is 11.0. The lowest BCUT2D eigenvalue weighted by atomic mass is 10.0. The van der Waals surface area contributed by atoms with Crippen molar-refractivity contribution in [2.24, 2.45) is 0 Å². The summed E-state index contributed by atoms with van der Waals surface area (Å²) in [5.74, 6) is 0.449. The molecule has 1 aromatic heterocycles. The van der Waals surface area contributed by atoms with Crippen molar-refractivity contribution in [1.29, 1.82) is 0 Å². The normalized spacial score (nSPS) is 13.4. The minimum atomic E-state index is -1.14. The monoisotopic (exact) mass is 479 g/mol. The zero-order chi connectivity index (χ0) is 24.2. The molecule has 0 bridgehead atoms. The van der Waals surface area contributed by atoms with Gasteiger partial charge in [0.05, 0.1) is 30.6 Å². The summed E-state index contributed by atoms with van der Waals surface area (Å²) in [5.41, 5.74) is 2.39. The molecular weight excluding hydrogens is 449 g/mol. The number of benzene rings is 3. The molecule has 0 aliphatic carbocycles. The number of ether oxygens (including phenoxy) is 2. The first-order valence-electron chi connectivity index (χ1n) is 10.9. The van der Waals surface area contributed by atoms with Gasteiger partial charge in [0.1, 0.15) is 29.5 Å². The van der Waals surface area contributed by atoms with Gasteiger partial charge in [-0.3, -0.25) is 4.79 Å². The molecule has 0 spiro atoms. The number of hydrogen-bond acceptors (Lipinski definition) is 5. The van der Waals surface area contributed by atoms with E-state index in [0.29, 0.717) is 11.5 Å². The SMILES string of the molecule is C.COc1cccc([C@@H](Oc2ccc3c(cnn3-c3ccc(F)cc3)c2)[C@H](C)NC(=O)[C@H](C)O)c1. The van der Waals surface area contributed by atoms with Gasteiger partial charge in [0.15, 0.2) is 0 Å². The molecule has 0 aliphatic heterocycles. The van der Waals surface area contributed by atoms with Crippen molar-refractivity contribution < 1.29 is 23.8 Å². The van der Waals surface area contributed by atoms with E-state index < -0.39 is 24.2 Å². The van der Waals surface area contributed by atoms with Crippen LogP contribution < -0.4 is 14.8 Å². The van der Waals surface area contributed by atoms with E-state index in [1.54, 1.807) is 30.1 Å². The molecule has 8 heteroatoms. The van der Waals surface area contributed by atoms with Crippen LogP contribution in [0.25, 0.3) is 16.6 Å². The van der Waals surface area contributed by atoms with Gasteiger partial charge in [0, 0.05) is 5.39 Å². The average Bonchev–Trinajstić information content (AvgIpc) is 3.26. The maximum atomic E-state index is 13.3. The lowest BCUT2D eigenvalue weighted by Gasteiger charge is -2.27. The van der Waals surface area contributed by atoms with Crippen LogP contribution in [0.2, 0.25) is 0 Å². The van der Waals surface area contributed by atoms with Gasteiger partial charge in [-0.15, -0.1) is 0 Å². The third-order valence-corrected chi connectivity index (χ3v) is 5.50. The van der Waals surface area contributed by atoms with Crippen LogP contribution in [0.1, 0.15) is 32.9 Å². The molecule has 0 aliphatic rings. The first-order chi connectivity index (χ1) is 16.4. The standard InChI is InChI=1S/C26H26FN3O4.CH4/c1-16(29-26(32)17(2)31)25(18-5-4-6-22(13-18)33-3)34-23-11-12-24-19(14-23)15-28-30(24)21-9-7-20(27)8-10-21;/h4-17,25,31H,1-3H3,(H,29,32);1H4/t16-,17-,25-;/m0./s1. The predicted molar refractivity (Wildman–Crippen MR) is 133 cm³/mol. The number of fused-ring (bicyclic) bond motifs is 1. The van der Waals surface area contributed by atoms with Gasteiger partial charge < -0.3 is 19.9 Å². The van der Waals surface area contributed by atoms with Crippen molar-refractivity contribution in [3.63, 3.8) is 0 Å². The first kappa shape index (κ1) is 25.7. The van der Waals surface area contributed by atoms with E-state index >= 15 is 0 Å². The topological polar surface area (TPSA) is 85.6 Å². The van der Waals surface area contributed by atoms with Crippen LogP contribution in [0.4, 0.5) is 4.39 Å². The molecule has 35 heavy (non-hydrogen) atoms. The summed E-state index contributed by atoms with van der Waals surface area (Å²) in [6, 6.07) is 18.6. The van der Waals surface area contributed by atoms with Crippen LogP contribution in [-0.4, -0.2) is 40.0 Å². The Morgan fingerprint density at radius 1 is 1.06 bits per heavy atom. The van der Waals surface area contributed by atoms with Gasteiger partial charge in [-0.2, -0.15) is 5.10 Å². The lowest BCUT2D eigenvalue weighted by molar-refractivity contribution is -0.129. The number of aliphatic hydroxyl groups is 1. The summed E-state index contributed by atoms with van der Waals surface area (Å²) in [7, 11) is 1.58. The molecule has 7 nitrogen and oxygen atoms in total. The first-order valence-corrected chi connectivity index (χ1v) is 10.9. The largest absolute Gasteiger partial charge is 0.497 e. The Balaban J connectivity index is 0.00000342. The smallest absolute Gasteiger partial charge is 0.248 e. The number of halogens is 1. The quantitative estimate of drug-likeness (QED) is 0.379. The summed E-state index contributed by atoms with van der Waals surface area (Å²) in [6.45, 7) is 3.23. The van der Waals surface area contributed by atoms with E-state index in [1.807, 2.05) is 49.4 Å². The van der Waals surface area contributed by atoms with Crippen molar-refractivity contribution in [3.8, 4) is 17.2 Å². The molecule has 1 amide bonds. The number of nitrogens with zero attached hydrogens (tertiary/aromatic N) is 2. The second-order valence-electron chi connectivity index (χ2n) is 8.04. The van der Waals surface area contributed by atoms with E-state index in [9.17, 15) is 14.3 Å². The highest BCUT2D eigenvalue weighted by atomic mass is 19.1. The molecule has 2 N–H and O–H groups in total. The van der Waals surface area contributed by atoms with Crippen molar-refractivity contribution >= 4 is 16.8 Å². The van der Waals surface area contributed by atoms with Crippen molar-refractivity contribution in [2.75, 3.05) is 7.11 Å². The fourth-order valence-electron chi connectivity index (χ4n) is 3.72.